The van der Waals surface area contributed by atoms with E-state index in [1.165, 1.54) is 28.9 Å². The Labute approximate surface area is 99.2 Å². The van der Waals surface area contributed by atoms with Crippen LogP contribution in [0.1, 0.15) is 16.1 Å². The van der Waals surface area contributed by atoms with E-state index in [9.17, 15) is 9.18 Å². The molecule has 16 heavy (non-hydrogen) atoms. The van der Waals surface area contributed by atoms with Crippen molar-refractivity contribution in [2.75, 3.05) is 0 Å². The van der Waals surface area contributed by atoms with Gasteiger partial charge in [0.15, 0.2) is 4.60 Å². The summed E-state index contributed by atoms with van der Waals surface area (Å²) in [4.78, 5) is 12.0. The third-order valence-electron chi connectivity index (χ3n) is 2.11. The number of hydrogen-bond donors (Lipinski definition) is 0. The van der Waals surface area contributed by atoms with E-state index in [1.54, 1.807) is 7.05 Å². The van der Waals surface area contributed by atoms with Gasteiger partial charge in [-0.3, -0.25) is 4.79 Å². The van der Waals surface area contributed by atoms with E-state index < -0.39 is 0 Å². The zero-order valence-electron chi connectivity index (χ0n) is 8.32. The van der Waals surface area contributed by atoms with Gasteiger partial charge in [0.05, 0.1) is 0 Å². The molecular formula is C10H7BrFN3O. The highest BCUT2D eigenvalue weighted by atomic mass is 79.9. The lowest BCUT2D eigenvalue weighted by Gasteiger charge is -2.00. The molecule has 0 aliphatic rings. The van der Waals surface area contributed by atoms with Crippen LogP contribution in [0.5, 0.6) is 0 Å². The summed E-state index contributed by atoms with van der Waals surface area (Å²) in [5.74, 6) is -0.627. The fraction of sp³-hybridized carbons (Fsp3) is 0.100. The number of rotatable bonds is 2. The second kappa shape index (κ2) is 4.13. The second-order valence-electron chi connectivity index (χ2n) is 3.19. The van der Waals surface area contributed by atoms with Crippen LogP contribution in [0.3, 0.4) is 0 Å². The number of aryl methyl sites for hydroxylation is 1. The number of nitrogens with zero attached hydrogens (tertiary/aromatic N) is 3. The largest absolute Gasteiger partial charge is 0.287 e. The maximum atomic E-state index is 12.7. The molecule has 2 rings (SSSR count). The topological polar surface area (TPSA) is 47.8 Å². The lowest BCUT2D eigenvalue weighted by molar-refractivity contribution is 0.102. The van der Waals surface area contributed by atoms with Crippen LogP contribution in [0.25, 0.3) is 0 Å². The fourth-order valence-corrected chi connectivity index (χ4v) is 1.82. The Hall–Kier alpha value is -1.56. The molecule has 0 radical (unpaired) electrons. The Morgan fingerprint density at radius 1 is 1.38 bits per heavy atom. The van der Waals surface area contributed by atoms with Gasteiger partial charge in [0.25, 0.3) is 0 Å². The van der Waals surface area contributed by atoms with Crippen LogP contribution in [-0.2, 0) is 7.05 Å². The zero-order valence-corrected chi connectivity index (χ0v) is 9.90. The molecule has 4 nitrogen and oxygen atoms in total. The van der Waals surface area contributed by atoms with E-state index in [4.69, 9.17) is 0 Å². The van der Waals surface area contributed by atoms with Gasteiger partial charge in [-0.25, -0.2) is 9.07 Å². The normalized spacial score (nSPS) is 10.4. The maximum absolute atomic E-state index is 12.7. The monoisotopic (exact) mass is 283 g/mol. The summed E-state index contributed by atoms with van der Waals surface area (Å²) in [7, 11) is 1.62. The van der Waals surface area contributed by atoms with Crippen LogP contribution >= 0.6 is 15.9 Å². The predicted molar refractivity (Wildman–Crippen MR) is 58.5 cm³/mol. The first kappa shape index (κ1) is 10.9. The van der Waals surface area contributed by atoms with Gasteiger partial charge in [0.1, 0.15) is 11.5 Å². The Morgan fingerprint density at radius 3 is 2.50 bits per heavy atom. The third kappa shape index (κ3) is 1.88. The van der Waals surface area contributed by atoms with Crippen molar-refractivity contribution in [3.05, 3.63) is 45.9 Å². The van der Waals surface area contributed by atoms with E-state index in [0.717, 1.165) is 0 Å². The molecule has 82 valence electrons. The van der Waals surface area contributed by atoms with Gasteiger partial charge in [-0.2, -0.15) is 0 Å². The molecule has 0 N–H and O–H groups in total. The highest BCUT2D eigenvalue weighted by Crippen LogP contribution is 2.16. The van der Waals surface area contributed by atoms with E-state index in [0.29, 0.717) is 15.9 Å². The van der Waals surface area contributed by atoms with Crippen LogP contribution in [-0.4, -0.2) is 20.8 Å². The summed E-state index contributed by atoms with van der Waals surface area (Å²) in [6, 6.07) is 5.34. The highest BCUT2D eigenvalue weighted by molar-refractivity contribution is 9.10. The molecule has 6 heteroatoms. The summed E-state index contributed by atoms with van der Waals surface area (Å²) >= 11 is 3.14. The summed E-state index contributed by atoms with van der Waals surface area (Å²) in [5.41, 5.74) is 0.735. The van der Waals surface area contributed by atoms with Crippen LogP contribution < -0.4 is 0 Å². The van der Waals surface area contributed by atoms with Crippen LogP contribution in [0.4, 0.5) is 4.39 Å². The van der Waals surface area contributed by atoms with Crippen molar-refractivity contribution in [3.8, 4) is 0 Å². The molecule has 0 atom stereocenters. The molecule has 0 saturated carbocycles. The SMILES string of the molecule is Cn1nnc(Br)c1C(=O)c1ccc(F)cc1. The number of benzene rings is 1. The Morgan fingerprint density at radius 2 is 2.00 bits per heavy atom. The Balaban J connectivity index is 2.43. The van der Waals surface area contributed by atoms with Crippen molar-refractivity contribution >= 4 is 21.7 Å². The molecule has 1 aromatic heterocycles. The van der Waals surface area contributed by atoms with Gasteiger partial charge in [0.2, 0.25) is 5.78 Å². The second-order valence-corrected chi connectivity index (χ2v) is 3.94. The smallest absolute Gasteiger partial charge is 0.213 e. The zero-order chi connectivity index (χ0) is 11.7. The molecule has 0 aliphatic carbocycles. The molecule has 0 saturated heterocycles. The number of hydrogen-bond acceptors (Lipinski definition) is 3. The average Bonchev–Trinajstić information content (AvgIpc) is 2.59. The average molecular weight is 284 g/mol. The van der Waals surface area contributed by atoms with Crippen molar-refractivity contribution in [1.29, 1.82) is 0 Å². The van der Waals surface area contributed by atoms with Gasteiger partial charge < -0.3 is 0 Å². The minimum Gasteiger partial charge on any atom is -0.287 e. The third-order valence-corrected chi connectivity index (χ3v) is 2.64. The number of halogens is 2. The van der Waals surface area contributed by atoms with Gasteiger partial charge in [-0.1, -0.05) is 5.21 Å². The fourth-order valence-electron chi connectivity index (χ4n) is 1.31. The number of carbonyl (C=O) groups is 1. The summed E-state index contributed by atoms with van der Waals surface area (Å²) in [6.07, 6.45) is 0. The maximum Gasteiger partial charge on any atom is 0.213 e. The highest BCUT2D eigenvalue weighted by Gasteiger charge is 2.18. The lowest BCUT2D eigenvalue weighted by Crippen LogP contribution is -2.08. The molecule has 0 bridgehead atoms. The standard InChI is InChI=1S/C10H7BrFN3O/c1-15-8(10(11)13-14-15)9(16)6-2-4-7(12)5-3-6/h2-5H,1H3. The molecule has 0 spiro atoms. The van der Waals surface area contributed by atoms with Crippen LogP contribution in [0.2, 0.25) is 0 Å². The first-order valence-corrected chi connectivity index (χ1v) is 5.24. The van der Waals surface area contributed by atoms with Crippen molar-refractivity contribution in [3.63, 3.8) is 0 Å². The van der Waals surface area contributed by atoms with Gasteiger partial charge in [0, 0.05) is 12.6 Å². The quantitative estimate of drug-likeness (QED) is 0.792. The first-order valence-electron chi connectivity index (χ1n) is 4.45. The van der Waals surface area contributed by atoms with Gasteiger partial charge in [-0.05, 0) is 40.2 Å². The number of ketones is 1. The molecule has 1 heterocycles. The van der Waals surface area contributed by atoms with E-state index >= 15 is 0 Å². The van der Waals surface area contributed by atoms with Crippen molar-refractivity contribution < 1.29 is 9.18 Å². The predicted octanol–water partition coefficient (Wildman–Crippen LogP) is 1.95. The van der Waals surface area contributed by atoms with E-state index in [1.807, 2.05) is 0 Å². The van der Waals surface area contributed by atoms with E-state index in [-0.39, 0.29) is 11.6 Å². The van der Waals surface area contributed by atoms with Crippen molar-refractivity contribution in [2.24, 2.45) is 7.05 Å². The molecule has 0 fully saturated rings. The number of carbonyl (C=O) groups excluding carboxylic acids is 1. The Kier molecular flexibility index (Phi) is 2.82. The molecular weight excluding hydrogens is 277 g/mol. The van der Waals surface area contributed by atoms with Gasteiger partial charge in [-0.15, -0.1) is 5.10 Å². The lowest BCUT2D eigenvalue weighted by atomic mass is 10.1. The summed E-state index contributed by atoms with van der Waals surface area (Å²) in [6.45, 7) is 0. The minimum absolute atomic E-state index is 0.251. The van der Waals surface area contributed by atoms with Crippen molar-refractivity contribution in [2.45, 2.75) is 0 Å². The molecule has 2 aromatic rings. The van der Waals surface area contributed by atoms with Crippen molar-refractivity contribution in [1.82, 2.24) is 15.0 Å². The van der Waals surface area contributed by atoms with Crippen LogP contribution in [0, 0.1) is 5.82 Å². The minimum atomic E-state index is -0.376. The molecule has 1 aromatic carbocycles. The first-order chi connectivity index (χ1) is 7.59. The summed E-state index contributed by atoms with van der Waals surface area (Å²) in [5, 5.41) is 7.42. The molecule has 0 amide bonds. The number of aromatic nitrogens is 3. The Bertz CT molecular complexity index is 516. The van der Waals surface area contributed by atoms with E-state index in [2.05, 4.69) is 26.2 Å². The van der Waals surface area contributed by atoms with Crippen LogP contribution in [0.15, 0.2) is 28.9 Å². The molecule has 0 unspecified atom stereocenters. The molecule has 0 aliphatic heterocycles. The summed E-state index contributed by atoms with van der Waals surface area (Å²) < 4.78 is 14.5. The van der Waals surface area contributed by atoms with Gasteiger partial charge >= 0.3 is 0 Å².